The van der Waals surface area contributed by atoms with Crippen LogP contribution in [0, 0.1) is 0 Å². The zero-order valence-electron chi connectivity index (χ0n) is 11.7. The van der Waals surface area contributed by atoms with Crippen molar-refractivity contribution in [3.8, 4) is 5.75 Å². The van der Waals surface area contributed by atoms with Crippen molar-refractivity contribution in [2.24, 2.45) is 5.73 Å². The lowest BCUT2D eigenvalue weighted by molar-refractivity contribution is -0.116. The van der Waals surface area contributed by atoms with Gasteiger partial charge in [-0.25, -0.2) is 0 Å². The van der Waals surface area contributed by atoms with Crippen LogP contribution in [0.4, 0.5) is 5.69 Å². The molecule has 0 aliphatic carbocycles. The van der Waals surface area contributed by atoms with Crippen molar-refractivity contribution in [1.82, 2.24) is 0 Å². The predicted octanol–water partition coefficient (Wildman–Crippen LogP) is 2.89. The largest absolute Gasteiger partial charge is 0.493 e. The van der Waals surface area contributed by atoms with E-state index in [0.717, 1.165) is 56.7 Å². The van der Waals surface area contributed by atoms with Crippen LogP contribution in [0.2, 0.25) is 0 Å². The first-order chi connectivity index (χ1) is 9.29. The number of unbranched alkanes of at least 4 members (excludes halogenated alkanes) is 3. The number of ether oxygens (including phenoxy) is 1. The van der Waals surface area contributed by atoms with E-state index < -0.39 is 0 Å². The van der Waals surface area contributed by atoms with Crippen LogP contribution in [0.15, 0.2) is 18.2 Å². The second-order valence-corrected chi connectivity index (χ2v) is 4.92. The van der Waals surface area contributed by atoms with E-state index in [1.165, 1.54) is 5.56 Å². The van der Waals surface area contributed by atoms with E-state index in [-0.39, 0.29) is 18.3 Å². The van der Waals surface area contributed by atoms with Crippen molar-refractivity contribution in [1.29, 1.82) is 0 Å². The van der Waals surface area contributed by atoms with Gasteiger partial charge >= 0.3 is 0 Å². The average Bonchev–Trinajstić information content (AvgIpc) is 2.86. The first kappa shape index (κ1) is 16.8. The predicted molar refractivity (Wildman–Crippen MR) is 83.7 cm³/mol. The fourth-order valence-corrected chi connectivity index (χ4v) is 2.27. The molecule has 0 aromatic heterocycles. The molecule has 0 saturated carbocycles. The Bertz CT molecular complexity index is 438. The van der Waals surface area contributed by atoms with Gasteiger partial charge in [0.05, 0.1) is 6.61 Å². The summed E-state index contributed by atoms with van der Waals surface area (Å²) in [5, 5.41) is 2.94. The molecule has 0 spiro atoms. The number of hydrogen-bond acceptors (Lipinski definition) is 3. The van der Waals surface area contributed by atoms with Gasteiger partial charge in [-0.15, -0.1) is 12.4 Å². The molecule has 3 N–H and O–H groups in total. The molecule has 0 atom stereocenters. The minimum absolute atomic E-state index is 0. The van der Waals surface area contributed by atoms with Gasteiger partial charge in [0.15, 0.2) is 0 Å². The number of nitrogens with one attached hydrogen (secondary N) is 1. The normalized spacial score (nSPS) is 12.2. The molecule has 1 aromatic carbocycles. The summed E-state index contributed by atoms with van der Waals surface area (Å²) < 4.78 is 5.44. The number of rotatable bonds is 7. The number of hydrogen-bond donors (Lipinski definition) is 2. The molecular weight excluding hydrogens is 276 g/mol. The fourth-order valence-electron chi connectivity index (χ4n) is 2.27. The van der Waals surface area contributed by atoms with Gasteiger partial charge in [-0.3, -0.25) is 4.79 Å². The Kier molecular flexibility index (Phi) is 7.41. The molecule has 0 saturated heterocycles. The minimum atomic E-state index is 0. The molecule has 0 fully saturated rings. The number of carbonyl (C=O) groups excluding carboxylic acids is 1. The van der Waals surface area contributed by atoms with Crippen LogP contribution in [0.5, 0.6) is 5.75 Å². The zero-order valence-corrected chi connectivity index (χ0v) is 12.5. The van der Waals surface area contributed by atoms with Gasteiger partial charge in [0.1, 0.15) is 5.75 Å². The van der Waals surface area contributed by atoms with E-state index in [0.29, 0.717) is 6.42 Å². The molecule has 0 unspecified atom stereocenters. The third-order valence-corrected chi connectivity index (χ3v) is 3.33. The van der Waals surface area contributed by atoms with Gasteiger partial charge in [-0.05, 0) is 43.1 Å². The molecule has 20 heavy (non-hydrogen) atoms. The lowest BCUT2D eigenvalue weighted by Gasteiger charge is -2.07. The fraction of sp³-hybridized carbons (Fsp3) is 0.533. The highest BCUT2D eigenvalue weighted by Gasteiger charge is 2.12. The van der Waals surface area contributed by atoms with E-state index in [1.807, 2.05) is 18.2 Å². The van der Waals surface area contributed by atoms with Gasteiger partial charge in [0, 0.05) is 18.5 Å². The number of halogens is 1. The van der Waals surface area contributed by atoms with Crippen LogP contribution < -0.4 is 15.8 Å². The van der Waals surface area contributed by atoms with Crippen molar-refractivity contribution in [3.05, 3.63) is 23.8 Å². The highest BCUT2D eigenvalue weighted by molar-refractivity contribution is 5.90. The topological polar surface area (TPSA) is 64.4 Å². The maximum absolute atomic E-state index is 11.8. The van der Waals surface area contributed by atoms with Gasteiger partial charge in [0.25, 0.3) is 0 Å². The summed E-state index contributed by atoms with van der Waals surface area (Å²) in [6.07, 6.45) is 5.67. The molecular formula is C15H23ClN2O2. The summed E-state index contributed by atoms with van der Waals surface area (Å²) in [4.78, 5) is 11.8. The molecule has 2 rings (SSSR count). The van der Waals surface area contributed by atoms with Crippen LogP contribution in [-0.4, -0.2) is 19.1 Å². The van der Waals surface area contributed by atoms with Crippen molar-refractivity contribution >= 4 is 24.0 Å². The standard InChI is InChI=1S/C15H22N2O2.ClH/c16-9-4-2-1-3-5-15(18)17-13-6-7-14-12(11-13)8-10-19-14;/h6-7,11H,1-5,8-10,16H2,(H,17,18);1H. The molecule has 112 valence electrons. The Morgan fingerprint density at radius 3 is 2.85 bits per heavy atom. The quantitative estimate of drug-likeness (QED) is 0.761. The zero-order chi connectivity index (χ0) is 13.5. The van der Waals surface area contributed by atoms with Crippen molar-refractivity contribution in [2.75, 3.05) is 18.5 Å². The molecule has 1 aliphatic heterocycles. The van der Waals surface area contributed by atoms with E-state index in [2.05, 4.69) is 5.32 Å². The maximum Gasteiger partial charge on any atom is 0.224 e. The average molecular weight is 299 g/mol. The molecule has 0 radical (unpaired) electrons. The Labute approximate surface area is 126 Å². The number of carbonyl (C=O) groups is 1. The molecule has 1 heterocycles. The second kappa shape index (κ2) is 8.82. The highest BCUT2D eigenvalue weighted by Crippen LogP contribution is 2.27. The second-order valence-electron chi connectivity index (χ2n) is 4.92. The van der Waals surface area contributed by atoms with Crippen molar-refractivity contribution < 1.29 is 9.53 Å². The molecule has 1 aromatic rings. The monoisotopic (exact) mass is 298 g/mol. The smallest absolute Gasteiger partial charge is 0.224 e. The van der Waals surface area contributed by atoms with Crippen molar-refractivity contribution in [2.45, 2.75) is 38.5 Å². The minimum Gasteiger partial charge on any atom is -0.493 e. The lowest BCUT2D eigenvalue weighted by atomic mass is 10.1. The summed E-state index contributed by atoms with van der Waals surface area (Å²) in [6, 6.07) is 5.84. The van der Waals surface area contributed by atoms with Crippen LogP contribution in [-0.2, 0) is 11.2 Å². The van der Waals surface area contributed by atoms with Crippen LogP contribution in [0.1, 0.15) is 37.7 Å². The van der Waals surface area contributed by atoms with Crippen LogP contribution in [0.3, 0.4) is 0 Å². The van der Waals surface area contributed by atoms with Gasteiger partial charge in [0.2, 0.25) is 5.91 Å². The Hall–Kier alpha value is -1.26. The third-order valence-electron chi connectivity index (χ3n) is 3.33. The van der Waals surface area contributed by atoms with E-state index in [4.69, 9.17) is 10.5 Å². The van der Waals surface area contributed by atoms with E-state index >= 15 is 0 Å². The number of amides is 1. The lowest BCUT2D eigenvalue weighted by Crippen LogP contribution is -2.11. The van der Waals surface area contributed by atoms with Crippen molar-refractivity contribution in [3.63, 3.8) is 0 Å². The SMILES string of the molecule is Cl.NCCCCCCC(=O)Nc1ccc2c(c1)CCO2. The molecule has 0 bridgehead atoms. The summed E-state index contributed by atoms with van der Waals surface area (Å²) in [5.74, 6) is 1.03. The molecule has 1 aliphatic rings. The Balaban J connectivity index is 0.00000200. The number of anilines is 1. The Morgan fingerprint density at radius 2 is 2.05 bits per heavy atom. The van der Waals surface area contributed by atoms with Gasteiger partial charge < -0.3 is 15.8 Å². The van der Waals surface area contributed by atoms with Crippen LogP contribution in [0.25, 0.3) is 0 Å². The molecule has 5 heteroatoms. The van der Waals surface area contributed by atoms with E-state index in [9.17, 15) is 4.79 Å². The molecule has 4 nitrogen and oxygen atoms in total. The molecule has 1 amide bonds. The summed E-state index contributed by atoms with van der Waals surface area (Å²) in [7, 11) is 0. The third kappa shape index (κ3) is 5.02. The summed E-state index contributed by atoms with van der Waals surface area (Å²) in [6.45, 7) is 1.48. The number of fused-ring (bicyclic) bond motifs is 1. The Morgan fingerprint density at radius 1 is 1.25 bits per heavy atom. The van der Waals surface area contributed by atoms with E-state index in [1.54, 1.807) is 0 Å². The first-order valence-electron chi connectivity index (χ1n) is 7.05. The highest BCUT2D eigenvalue weighted by atomic mass is 35.5. The van der Waals surface area contributed by atoms with Gasteiger partial charge in [-0.1, -0.05) is 12.8 Å². The first-order valence-corrected chi connectivity index (χ1v) is 7.05. The summed E-state index contributed by atoms with van der Waals surface area (Å²) in [5.41, 5.74) is 7.48. The summed E-state index contributed by atoms with van der Waals surface area (Å²) >= 11 is 0. The van der Waals surface area contributed by atoms with Gasteiger partial charge in [-0.2, -0.15) is 0 Å². The number of benzene rings is 1. The number of nitrogens with two attached hydrogens (primary N) is 1. The van der Waals surface area contributed by atoms with Crippen LogP contribution >= 0.6 is 12.4 Å². The maximum atomic E-state index is 11.8.